The van der Waals surface area contributed by atoms with Crippen LogP contribution in [-0.4, -0.2) is 9.55 Å². The number of hydrogen-bond donors (Lipinski definition) is 0. The Kier molecular flexibility index (Phi) is 3.13. The third-order valence-electron chi connectivity index (χ3n) is 3.04. The van der Waals surface area contributed by atoms with Crippen molar-refractivity contribution >= 4 is 22.6 Å². The summed E-state index contributed by atoms with van der Waals surface area (Å²) in [5, 5.41) is 8.98. The van der Waals surface area contributed by atoms with Gasteiger partial charge in [-0.1, -0.05) is 6.07 Å². The highest BCUT2D eigenvalue weighted by Crippen LogP contribution is 2.24. The second-order valence-corrected chi connectivity index (χ2v) is 4.56. The molecule has 0 radical (unpaired) electrons. The van der Waals surface area contributed by atoms with E-state index < -0.39 is 0 Å². The Morgan fingerprint density at radius 3 is 2.85 bits per heavy atom. The van der Waals surface area contributed by atoms with Crippen LogP contribution in [0.3, 0.4) is 0 Å². The molecule has 0 bridgehead atoms. The molecule has 0 aliphatic rings. The highest BCUT2D eigenvalue weighted by molar-refractivity contribution is 6.17. The molecule has 1 aromatic heterocycles. The van der Waals surface area contributed by atoms with Crippen molar-refractivity contribution in [3.8, 4) is 11.8 Å². The topological polar surface area (TPSA) is 41.6 Å². The standard InChI is InChI=1S/C15H9ClFN3/c16-8-15-19-13-5-4-11(17)7-14(13)20(15)12-3-1-2-10(6-12)9-18/h1-7H,8H2. The normalized spacial score (nSPS) is 10.7. The van der Waals surface area contributed by atoms with E-state index in [9.17, 15) is 4.39 Å². The van der Waals surface area contributed by atoms with Crippen LogP contribution in [-0.2, 0) is 5.88 Å². The SMILES string of the molecule is N#Cc1cccc(-n2c(CCl)nc3ccc(F)cc32)c1. The number of hydrogen-bond acceptors (Lipinski definition) is 2. The van der Waals surface area contributed by atoms with Gasteiger partial charge in [-0.3, -0.25) is 4.57 Å². The van der Waals surface area contributed by atoms with E-state index in [0.29, 0.717) is 22.4 Å². The molecule has 5 heteroatoms. The third kappa shape index (κ3) is 2.02. The molecule has 0 aliphatic heterocycles. The van der Waals surface area contributed by atoms with E-state index in [4.69, 9.17) is 16.9 Å². The van der Waals surface area contributed by atoms with Crippen molar-refractivity contribution in [1.82, 2.24) is 9.55 Å². The molecule has 3 nitrogen and oxygen atoms in total. The van der Waals surface area contributed by atoms with Gasteiger partial charge in [-0.2, -0.15) is 5.26 Å². The lowest BCUT2D eigenvalue weighted by molar-refractivity contribution is 0.629. The number of imidazole rings is 1. The van der Waals surface area contributed by atoms with Crippen LogP contribution in [0.2, 0.25) is 0 Å². The molecule has 0 atom stereocenters. The largest absolute Gasteiger partial charge is 0.295 e. The summed E-state index contributed by atoms with van der Waals surface area (Å²) in [5.74, 6) is 0.478. The van der Waals surface area contributed by atoms with Crippen molar-refractivity contribution in [1.29, 1.82) is 5.26 Å². The van der Waals surface area contributed by atoms with Crippen LogP contribution >= 0.6 is 11.6 Å². The fourth-order valence-corrected chi connectivity index (χ4v) is 2.37. The highest BCUT2D eigenvalue weighted by Gasteiger charge is 2.12. The van der Waals surface area contributed by atoms with Gasteiger partial charge in [0.15, 0.2) is 0 Å². The van der Waals surface area contributed by atoms with E-state index in [1.807, 2.05) is 6.07 Å². The lowest BCUT2D eigenvalue weighted by Gasteiger charge is -2.08. The second kappa shape index (κ2) is 4.95. The summed E-state index contributed by atoms with van der Waals surface area (Å²) in [6.07, 6.45) is 0. The molecule has 0 spiro atoms. The quantitative estimate of drug-likeness (QED) is 0.673. The molecule has 0 unspecified atom stereocenters. The average molecular weight is 286 g/mol. The molecule has 0 fully saturated rings. The number of alkyl halides is 1. The molecule has 2 aromatic carbocycles. The Hall–Kier alpha value is -2.38. The molecular formula is C15H9ClFN3. The molecule has 98 valence electrons. The van der Waals surface area contributed by atoms with E-state index in [1.54, 1.807) is 28.8 Å². The van der Waals surface area contributed by atoms with Crippen LogP contribution in [0.25, 0.3) is 16.7 Å². The Morgan fingerprint density at radius 1 is 1.25 bits per heavy atom. The number of halogens is 2. The fraction of sp³-hybridized carbons (Fsp3) is 0.0667. The molecule has 0 saturated heterocycles. The zero-order valence-corrected chi connectivity index (χ0v) is 11.1. The summed E-state index contributed by atoms with van der Waals surface area (Å²) >= 11 is 5.92. The Morgan fingerprint density at radius 2 is 2.10 bits per heavy atom. The number of aromatic nitrogens is 2. The summed E-state index contributed by atoms with van der Waals surface area (Å²) in [5.41, 5.74) is 2.58. The van der Waals surface area contributed by atoms with E-state index in [2.05, 4.69) is 11.1 Å². The van der Waals surface area contributed by atoms with Crippen molar-refractivity contribution in [3.05, 3.63) is 59.7 Å². The van der Waals surface area contributed by atoms with E-state index in [0.717, 1.165) is 5.69 Å². The number of rotatable bonds is 2. The number of benzene rings is 2. The summed E-state index contributed by atoms with van der Waals surface area (Å²) in [6, 6.07) is 13.5. The summed E-state index contributed by atoms with van der Waals surface area (Å²) in [7, 11) is 0. The van der Waals surface area contributed by atoms with Crippen molar-refractivity contribution in [2.45, 2.75) is 5.88 Å². The van der Waals surface area contributed by atoms with E-state index in [1.165, 1.54) is 12.1 Å². The lowest BCUT2D eigenvalue weighted by atomic mass is 10.2. The molecule has 0 aliphatic carbocycles. The molecule has 3 rings (SSSR count). The van der Waals surface area contributed by atoms with Gasteiger partial charge in [0.2, 0.25) is 0 Å². The first-order valence-corrected chi connectivity index (χ1v) is 6.50. The van der Waals surface area contributed by atoms with Crippen LogP contribution in [0.4, 0.5) is 4.39 Å². The third-order valence-corrected chi connectivity index (χ3v) is 3.28. The van der Waals surface area contributed by atoms with Gasteiger partial charge in [-0.25, -0.2) is 9.37 Å². The minimum absolute atomic E-state index is 0.201. The number of fused-ring (bicyclic) bond motifs is 1. The molecule has 0 saturated carbocycles. The maximum Gasteiger partial charge on any atom is 0.129 e. The first-order valence-electron chi connectivity index (χ1n) is 5.96. The Labute approximate surface area is 119 Å². The van der Waals surface area contributed by atoms with Crippen LogP contribution in [0.1, 0.15) is 11.4 Å². The predicted octanol–water partition coefficient (Wildman–Crippen LogP) is 3.78. The lowest BCUT2D eigenvalue weighted by Crippen LogP contribution is -1.99. The molecule has 0 N–H and O–H groups in total. The molecule has 3 aromatic rings. The second-order valence-electron chi connectivity index (χ2n) is 4.29. The fourth-order valence-electron chi connectivity index (χ4n) is 2.19. The van der Waals surface area contributed by atoms with Gasteiger partial charge in [0.05, 0.1) is 28.5 Å². The van der Waals surface area contributed by atoms with Gasteiger partial charge >= 0.3 is 0 Å². The van der Waals surface area contributed by atoms with Gasteiger partial charge < -0.3 is 0 Å². The maximum absolute atomic E-state index is 13.5. The minimum atomic E-state index is -0.337. The van der Waals surface area contributed by atoms with Gasteiger partial charge in [-0.05, 0) is 30.3 Å². The number of nitriles is 1. The zero-order valence-electron chi connectivity index (χ0n) is 10.3. The first-order chi connectivity index (χ1) is 9.72. The summed E-state index contributed by atoms with van der Waals surface area (Å²) < 4.78 is 15.2. The minimum Gasteiger partial charge on any atom is -0.295 e. The van der Waals surface area contributed by atoms with Gasteiger partial charge in [-0.15, -0.1) is 11.6 Å². The van der Waals surface area contributed by atoms with Crippen LogP contribution < -0.4 is 0 Å². The molecule has 20 heavy (non-hydrogen) atoms. The van der Waals surface area contributed by atoms with Crippen LogP contribution in [0.15, 0.2) is 42.5 Å². The van der Waals surface area contributed by atoms with Crippen molar-refractivity contribution in [2.75, 3.05) is 0 Å². The Balaban J connectivity index is 2.33. The smallest absolute Gasteiger partial charge is 0.129 e. The molecule has 1 heterocycles. The number of nitrogens with zero attached hydrogens (tertiary/aromatic N) is 3. The van der Waals surface area contributed by atoms with Crippen molar-refractivity contribution in [3.63, 3.8) is 0 Å². The summed E-state index contributed by atoms with van der Waals surface area (Å²) in [4.78, 5) is 4.39. The monoisotopic (exact) mass is 285 g/mol. The molecular weight excluding hydrogens is 277 g/mol. The van der Waals surface area contributed by atoms with Crippen molar-refractivity contribution < 1.29 is 4.39 Å². The summed E-state index contributed by atoms with van der Waals surface area (Å²) in [6.45, 7) is 0. The van der Waals surface area contributed by atoms with Crippen LogP contribution in [0, 0.1) is 17.1 Å². The first kappa shape index (κ1) is 12.6. The molecule has 0 amide bonds. The van der Waals surface area contributed by atoms with Crippen LogP contribution in [0.5, 0.6) is 0 Å². The van der Waals surface area contributed by atoms with Gasteiger partial charge in [0.25, 0.3) is 0 Å². The predicted molar refractivity (Wildman–Crippen MR) is 75.3 cm³/mol. The average Bonchev–Trinajstić information content (AvgIpc) is 2.85. The van der Waals surface area contributed by atoms with Gasteiger partial charge in [0, 0.05) is 11.8 Å². The van der Waals surface area contributed by atoms with Gasteiger partial charge in [0.1, 0.15) is 11.6 Å². The highest BCUT2D eigenvalue weighted by atomic mass is 35.5. The van der Waals surface area contributed by atoms with Crippen molar-refractivity contribution in [2.24, 2.45) is 0 Å². The zero-order chi connectivity index (χ0) is 14.1. The van der Waals surface area contributed by atoms with E-state index in [-0.39, 0.29) is 11.7 Å². The Bertz CT molecular complexity index is 833. The van der Waals surface area contributed by atoms with E-state index >= 15 is 0 Å². The maximum atomic E-state index is 13.5.